The van der Waals surface area contributed by atoms with Crippen LogP contribution in [0.4, 0.5) is 0 Å². The van der Waals surface area contributed by atoms with E-state index in [1.165, 1.54) is 25.1 Å². The summed E-state index contributed by atoms with van der Waals surface area (Å²) in [7, 11) is 0. The normalized spacial score (nSPS) is 23.0. The average molecular weight is 1590 g/mol. The molecule has 28 heteroatoms. The Morgan fingerprint density at radius 1 is 0.331 bits per heavy atom. The molecule has 20 heterocycles. The van der Waals surface area contributed by atoms with Gasteiger partial charge in [0.05, 0.1) is 71.2 Å². The highest BCUT2D eigenvalue weighted by Crippen LogP contribution is 2.44. The van der Waals surface area contributed by atoms with Crippen molar-refractivity contribution < 1.29 is 55.8 Å². The smallest absolute Gasteiger partial charge is 0.273 e. The van der Waals surface area contributed by atoms with Crippen LogP contribution in [0.2, 0.25) is 0 Å². The molecule has 12 aromatic heterocycles. The number of carbonyl (C=O) groups is 4. The molecule has 0 aromatic carbocycles. The number of hydrogen-bond acceptors (Lipinski definition) is 24. The van der Waals surface area contributed by atoms with Crippen molar-refractivity contribution in [3.05, 3.63) is 240 Å². The quantitative estimate of drug-likeness (QED) is 0.0867. The number of aromatic nitrogens is 12. The number of rotatable bonds is 16. The second kappa shape index (κ2) is 34.5. The molecule has 4 aliphatic carbocycles. The number of piperidine rings is 8. The Balaban J connectivity index is 0.000000113. The minimum absolute atomic E-state index is 0.00493. The summed E-state index contributed by atoms with van der Waals surface area (Å²) in [5.41, 5.74) is 10.2. The van der Waals surface area contributed by atoms with Crippen LogP contribution in [0, 0.1) is 65.2 Å². The molecule has 0 radical (unpaired) electrons. The average Bonchev–Trinajstić information content (AvgIpc) is 0.997. The number of carbonyl (C=O) groups excluding carboxylic acids is 4. The lowest BCUT2D eigenvalue weighted by Gasteiger charge is -2.49. The Morgan fingerprint density at radius 2 is 0.695 bits per heavy atom. The monoisotopic (exact) mass is 1590 g/mol. The number of fused-ring (bicyclic) bond motifs is 12. The molecule has 0 N–H and O–H groups in total. The molecular formula is C90H92N16O12. The van der Waals surface area contributed by atoms with E-state index >= 15 is 0 Å². The van der Waals surface area contributed by atoms with E-state index in [0.29, 0.717) is 116 Å². The molecule has 4 saturated carbocycles. The van der Waals surface area contributed by atoms with Gasteiger partial charge in [0.1, 0.15) is 72.2 Å². The van der Waals surface area contributed by atoms with Crippen LogP contribution in [0.25, 0.3) is 46.1 Å². The second-order valence-electron chi connectivity index (χ2n) is 32.0. The Hall–Kier alpha value is -12.9. The third-order valence-electron chi connectivity index (χ3n) is 23.8. The van der Waals surface area contributed by atoms with Crippen LogP contribution in [-0.4, -0.2) is 178 Å². The molecule has 4 amide bonds. The predicted octanol–water partition coefficient (Wildman–Crippen LogP) is 14.7. The van der Waals surface area contributed by atoms with Crippen LogP contribution in [0.3, 0.4) is 0 Å². The minimum Gasteiger partial charge on any atom is -0.472 e. The molecule has 28 nitrogen and oxygen atoms in total. The highest BCUT2D eigenvalue weighted by atomic mass is 16.5. The highest BCUT2D eigenvalue weighted by molar-refractivity contribution is 6.01. The zero-order valence-corrected chi connectivity index (χ0v) is 66.6. The van der Waals surface area contributed by atoms with Gasteiger partial charge in [-0.25, -0.2) is 39.9 Å². The number of aryl methyl sites for hydroxylation is 6. The molecule has 8 saturated heterocycles. The van der Waals surface area contributed by atoms with E-state index in [-0.39, 0.29) is 72.2 Å². The third-order valence-corrected chi connectivity index (χ3v) is 23.8. The zero-order chi connectivity index (χ0) is 80.9. The Labute approximate surface area is 682 Å². The number of hydrogen-bond donors (Lipinski definition) is 0. The van der Waals surface area contributed by atoms with Gasteiger partial charge in [-0.15, -0.1) is 0 Å². The fourth-order valence-corrected chi connectivity index (χ4v) is 18.0. The van der Waals surface area contributed by atoms with E-state index in [1.807, 2.05) is 128 Å². The van der Waals surface area contributed by atoms with E-state index in [1.54, 1.807) is 92.6 Å². The maximum absolute atomic E-state index is 13.6. The first-order chi connectivity index (χ1) is 57.6. The second-order valence-corrected chi connectivity index (χ2v) is 32.0. The van der Waals surface area contributed by atoms with Gasteiger partial charge in [0, 0.05) is 100 Å². The van der Waals surface area contributed by atoms with E-state index in [2.05, 4.69) is 59.8 Å². The number of ether oxygens (including phenoxy) is 4. The topological polar surface area (TPSA) is 325 Å². The zero-order valence-electron chi connectivity index (χ0n) is 66.6. The molecule has 24 rings (SSSR count). The molecule has 12 aliphatic rings. The van der Waals surface area contributed by atoms with Crippen molar-refractivity contribution in [2.24, 2.45) is 23.7 Å². The molecule has 8 aliphatic heterocycles. The van der Waals surface area contributed by atoms with E-state index < -0.39 is 0 Å². The van der Waals surface area contributed by atoms with Crippen molar-refractivity contribution in [3.8, 4) is 69.6 Å². The fraction of sp³-hybridized carbons (Fsp3) is 0.378. The van der Waals surface area contributed by atoms with Crippen LogP contribution in [0.15, 0.2) is 202 Å². The molecular weight excluding hydrogens is 1500 g/mol. The number of nitrogens with zero attached hydrogens (tertiary/aromatic N) is 16. The van der Waals surface area contributed by atoms with Gasteiger partial charge >= 0.3 is 0 Å². The first-order valence-corrected chi connectivity index (χ1v) is 40.6. The summed E-state index contributed by atoms with van der Waals surface area (Å²) in [6.45, 7) is 14.8. The van der Waals surface area contributed by atoms with Gasteiger partial charge in [-0.2, -0.15) is 0 Å². The van der Waals surface area contributed by atoms with Gasteiger partial charge in [-0.3, -0.25) is 39.1 Å². The van der Waals surface area contributed by atoms with Gasteiger partial charge in [-0.1, -0.05) is 24.3 Å². The van der Waals surface area contributed by atoms with Crippen molar-refractivity contribution in [2.75, 3.05) is 26.2 Å². The van der Waals surface area contributed by atoms with Crippen molar-refractivity contribution in [2.45, 2.75) is 167 Å². The van der Waals surface area contributed by atoms with Crippen LogP contribution < -0.4 is 18.9 Å². The van der Waals surface area contributed by atoms with Crippen molar-refractivity contribution in [1.29, 1.82) is 0 Å². The van der Waals surface area contributed by atoms with E-state index in [9.17, 15) is 19.2 Å². The number of oxazole rings is 4. The molecule has 12 aromatic rings. The predicted molar refractivity (Wildman–Crippen MR) is 431 cm³/mol. The van der Waals surface area contributed by atoms with Gasteiger partial charge in [0.2, 0.25) is 47.1 Å². The maximum atomic E-state index is 13.6. The largest absolute Gasteiger partial charge is 0.472 e. The van der Waals surface area contributed by atoms with Gasteiger partial charge in [0.25, 0.3) is 23.6 Å². The highest BCUT2D eigenvalue weighted by Gasteiger charge is 2.50. The van der Waals surface area contributed by atoms with E-state index in [4.69, 9.17) is 36.6 Å². The Bertz CT molecular complexity index is 5200. The molecule has 12 unspecified atom stereocenters. The maximum Gasteiger partial charge on any atom is 0.273 e. The van der Waals surface area contributed by atoms with Crippen molar-refractivity contribution >= 4 is 23.6 Å². The lowest BCUT2D eigenvalue weighted by atomic mass is 9.77. The number of pyridine rings is 8. The minimum atomic E-state index is -0.0985. The molecule has 604 valence electrons. The molecule has 8 bridgehead atoms. The molecule has 0 spiro atoms. The van der Waals surface area contributed by atoms with Gasteiger partial charge < -0.3 is 56.2 Å². The standard InChI is InChI=1S/2C23H24N4O3.2C22H22N4O3/c1-14-3-6-20(25-11-14)30-19-10-16-4-5-18(19)27(13-16)23(28)17-9-15(2)12-26-21(17)22-24-7-8-29-22;1-14-3-6-19(26-12-14)30-18-11-16-4-5-17(18)27(13-16)23(28)21-20(15(2)7-8-24-21)22-25-9-10-29-22;1-14-4-7-19(25-12-14)29-18-11-15-5-6-17(18)26(13-15)22(27)16-3-2-8-23-20(16)21-24-9-10-28-21;1-14-4-7-19(25-12-14)29-18-11-15-5-6-17(18)26(13-15)22(27)20-16(3-2-8-23-20)21-24-9-10-28-21/h3,6-9,11-12,16,18-19H,4-5,10,13H2,1-2H3;3,6-10,12,16-18H,4-5,11,13H2,1-2H3;2*2-4,7-10,12,15,17-18H,5-6,11,13H2,1H3. The Kier molecular flexibility index (Phi) is 22.7. The Morgan fingerprint density at radius 3 is 1.10 bits per heavy atom. The lowest BCUT2D eigenvalue weighted by Crippen LogP contribution is -2.59. The van der Waals surface area contributed by atoms with Crippen LogP contribution >= 0.6 is 0 Å². The SMILES string of the molecule is Cc1ccc(OC2CC3CCC2N(C(=O)c2cc(C)cnc2-c2ncco2)C3)nc1.Cc1ccc(OC2CC3CCC2N(C(=O)c2cccnc2-c2ncco2)C3)nc1.Cc1ccc(OC2CC3CCC2N(C(=O)c2nccc(C)c2-c2ncco2)C3)nc1.Cc1ccc(OC2CC3CCC2N(C(=O)c2ncccc2-c2ncco2)C3)nc1. The summed E-state index contributed by atoms with van der Waals surface area (Å²) >= 11 is 0. The number of amides is 4. The fourth-order valence-electron chi connectivity index (χ4n) is 18.0. The summed E-state index contributed by atoms with van der Waals surface area (Å²) in [6.07, 6.45) is 37.9. The summed E-state index contributed by atoms with van der Waals surface area (Å²) in [4.78, 5) is 114. The van der Waals surface area contributed by atoms with E-state index in [0.717, 1.165) is 137 Å². The van der Waals surface area contributed by atoms with Crippen LogP contribution in [0.5, 0.6) is 23.5 Å². The van der Waals surface area contributed by atoms with Gasteiger partial charge in [-0.05, 0) is 212 Å². The summed E-state index contributed by atoms with van der Waals surface area (Å²) < 4.78 is 46.6. The van der Waals surface area contributed by atoms with Crippen LogP contribution in [0.1, 0.15) is 152 Å². The molecule has 118 heavy (non-hydrogen) atoms. The summed E-state index contributed by atoms with van der Waals surface area (Å²) in [6, 6.07) is 26.5. The summed E-state index contributed by atoms with van der Waals surface area (Å²) in [5, 5.41) is 0. The van der Waals surface area contributed by atoms with Crippen LogP contribution in [-0.2, 0) is 0 Å². The summed E-state index contributed by atoms with van der Waals surface area (Å²) in [5.74, 6) is 5.41. The molecule has 12 atom stereocenters. The first-order valence-electron chi connectivity index (χ1n) is 40.6. The lowest BCUT2D eigenvalue weighted by molar-refractivity contribution is -0.0316. The molecule has 12 fully saturated rings. The third kappa shape index (κ3) is 16.9. The van der Waals surface area contributed by atoms with Gasteiger partial charge in [0.15, 0.2) is 0 Å². The van der Waals surface area contributed by atoms with Crippen molar-refractivity contribution in [3.63, 3.8) is 0 Å². The first kappa shape index (κ1) is 77.7. The van der Waals surface area contributed by atoms with Crippen molar-refractivity contribution in [1.82, 2.24) is 79.4 Å².